The van der Waals surface area contributed by atoms with Gasteiger partial charge in [-0.15, -0.1) is 0 Å². The quantitative estimate of drug-likeness (QED) is 0.615. The molecule has 1 spiro atoms. The van der Waals surface area contributed by atoms with Gasteiger partial charge in [0.25, 0.3) is 0 Å². The second-order valence-corrected chi connectivity index (χ2v) is 12.1. The molecular formula is C26H29ClN2O5S. The average Bonchev–Trinajstić information content (AvgIpc) is 3.13. The van der Waals surface area contributed by atoms with Crippen LogP contribution < -0.4 is 5.32 Å². The first kappa shape index (κ1) is 24.3. The highest BCUT2D eigenvalue weighted by Gasteiger charge is 2.47. The van der Waals surface area contributed by atoms with Crippen LogP contribution in [0.2, 0.25) is 5.02 Å². The minimum Gasteiger partial charge on any atom is -0.451 e. The molecule has 1 saturated heterocycles. The molecule has 0 unspecified atom stereocenters. The molecule has 2 heterocycles. The van der Waals surface area contributed by atoms with E-state index in [0.29, 0.717) is 61.2 Å². The first-order chi connectivity index (χ1) is 16.7. The van der Waals surface area contributed by atoms with Crippen LogP contribution in [-0.2, 0) is 25.2 Å². The minimum atomic E-state index is -3.74. The molecule has 7 nitrogen and oxygen atoms in total. The molecular weight excluding hydrogens is 488 g/mol. The Bertz CT molecular complexity index is 1270. The number of carbonyl (C=O) groups excluding carboxylic acids is 2. The molecule has 2 aromatic carbocycles. The average molecular weight is 517 g/mol. The van der Waals surface area contributed by atoms with E-state index in [-0.39, 0.29) is 29.4 Å². The topological polar surface area (TPSA) is 92.8 Å². The van der Waals surface area contributed by atoms with Crippen LogP contribution in [0, 0.1) is 12.8 Å². The van der Waals surface area contributed by atoms with Crippen molar-refractivity contribution in [1.82, 2.24) is 9.62 Å². The zero-order valence-electron chi connectivity index (χ0n) is 19.6. The van der Waals surface area contributed by atoms with E-state index < -0.39 is 21.5 Å². The van der Waals surface area contributed by atoms with E-state index in [1.165, 1.54) is 4.31 Å². The van der Waals surface area contributed by atoms with Crippen molar-refractivity contribution in [3.63, 3.8) is 0 Å². The Hall–Kier alpha value is -2.42. The van der Waals surface area contributed by atoms with Crippen LogP contribution in [0.4, 0.5) is 0 Å². The van der Waals surface area contributed by atoms with E-state index in [1.807, 2.05) is 18.2 Å². The number of carbonyl (C=O) groups is 2. The van der Waals surface area contributed by atoms with Crippen LogP contribution >= 0.6 is 11.6 Å². The SMILES string of the molecule is Cc1c(Cl)cccc1S(=O)(=O)N1CCC[C@H](C(=O)NC2CCC3(CC2)OC(=O)c2ccccc23)C1. The number of rotatable bonds is 4. The van der Waals surface area contributed by atoms with E-state index >= 15 is 0 Å². The van der Waals surface area contributed by atoms with Crippen molar-refractivity contribution in [2.75, 3.05) is 13.1 Å². The van der Waals surface area contributed by atoms with Crippen LogP contribution in [0.1, 0.15) is 60.0 Å². The smallest absolute Gasteiger partial charge is 0.339 e. The van der Waals surface area contributed by atoms with Crippen molar-refractivity contribution < 1.29 is 22.7 Å². The zero-order chi connectivity index (χ0) is 24.8. The molecule has 5 rings (SSSR count). The highest BCUT2D eigenvalue weighted by Crippen LogP contribution is 2.46. The van der Waals surface area contributed by atoms with Crippen molar-refractivity contribution in [2.45, 2.75) is 62.0 Å². The van der Waals surface area contributed by atoms with Crippen LogP contribution in [0.15, 0.2) is 47.4 Å². The van der Waals surface area contributed by atoms with Gasteiger partial charge in [0.1, 0.15) is 5.60 Å². The predicted molar refractivity (Wildman–Crippen MR) is 132 cm³/mol. The Balaban J connectivity index is 1.22. The third-order valence-corrected chi connectivity index (χ3v) is 10.1. The van der Waals surface area contributed by atoms with Crippen LogP contribution in [-0.4, -0.2) is 43.7 Å². The van der Waals surface area contributed by atoms with Crippen molar-refractivity contribution in [3.8, 4) is 0 Å². The van der Waals surface area contributed by atoms with Gasteiger partial charge in [-0.25, -0.2) is 13.2 Å². The Morgan fingerprint density at radius 1 is 1.11 bits per heavy atom. The number of nitrogens with zero attached hydrogens (tertiary/aromatic N) is 1. The van der Waals surface area contributed by atoms with Gasteiger partial charge in [0.15, 0.2) is 0 Å². The molecule has 0 bridgehead atoms. The third kappa shape index (κ3) is 4.36. The lowest BCUT2D eigenvalue weighted by Crippen LogP contribution is -2.49. The number of benzene rings is 2. The van der Waals surface area contributed by atoms with Crippen molar-refractivity contribution >= 4 is 33.5 Å². The number of sulfonamides is 1. The molecule has 1 N–H and O–H groups in total. The summed E-state index contributed by atoms with van der Waals surface area (Å²) in [5, 5.41) is 3.55. The normalized spacial score (nSPS) is 26.9. The second-order valence-electron chi connectivity index (χ2n) is 9.78. The molecule has 1 aliphatic carbocycles. The minimum absolute atomic E-state index is 0.0262. The van der Waals surface area contributed by atoms with Crippen molar-refractivity contribution in [2.24, 2.45) is 5.92 Å². The van der Waals surface area contributed by atoms with Gasteiger partial charge in [0.2, 0.25) is 15.9 Å². The fourth-order valence-electron chi connectivity index (χ4n) is 5.65. The van der Waals surface area contributed by atoms with Crippen LogP contribution in [0.5, 0.6) is 0 Å². The largest absolute Gasteiger partial charge is 0.451 e. The molecule has 35 heavy (non-hydrogen) atoms. The first-order valence-electron chi connectivity index (χ1n) is 12.1. The fraction of sp³-hybridized carbons (Fsp3) is 0.462. The van der Waals surface area contributed by atoms with Crippen LogP contribution in [0.3, 0.4) is 0 Å². The highest BCUT2D eigenvalue weighted by molar-refractivity contribution is 7.89. The molecule has 1 atom stereocenters. The van der Waals surface area contributed by atoms with E-state index in [1.54, 1.807) is 31.2 Å². The Labute approximate surface area is 210 Å². The molecule has 0 radical (unpaired) electrons. The summed E-state index contributed by atoms with van der Waals surface area (Å²) in [4.78, 5) is 25.6. The second kappa shape index (κ2) is 9.22. The maximum Gasteiger partial charge on any atom is 0.339 e. The molecule has 9 heteroatoms. The highest BCUT2D eigenvalue weighted by atomic mass is 35.5. The molecule has 0 aromatic heterocycles. The lowest BCUT2D eigenvalue weighted by Gasteiger charge is -2.38. The molecule has 1 amide bonds. The number of fused-ring (bicyclic) bond motifs is 2. The molecule has 3 aliphatic rings. The van der Waals surface area contributed by atoms with Gasteiger partial charge in [0, 0.05) is 29.7 Å². The summed E-state index contributed by atoms with van der Waals surface area (Å²) < 4.78 is 33.8. The Morgan fingerprint density at radius 3 is 2.63 bits per heavy atom. The van der Waals surface area contributed by atoms with Gasteiger partial charge in [-0.2, -0.15) is 4.31 Å². The number of ether oxygens (including phenoxy) is 1. The van der Waals surface area contributed by atoms with Crippen molar-refractivity contribution in [1.29, 1.82) is 0 Å². The summed E-state index contributed by atoms with van der Waals surface area (Å²) in [5.41, 5.74) is 1.50. The third-order valence-electron chi connectivity index (χ3n) is 7.66. The molecule has 2 fully saturated rings. The number of halogens is 1. The number of nitrogens with one attached hydrogen (secondary N) is 1. The Morgan fingerprint density at radius 2 is 1.86 bits per heavy atom. The molecule has 186 valence electrons. The van der Waals surface area contributed by atoms with E-state index in [9.17, 15) is 18.0 Å². The van der Waals surface area contributed by atoms with Gasteiger partial charge in [-0.3, -0.25) is 4.79 Å². The fourth-order valence-corrected chi connectivity index (χ4v) is 7.65. The molecule has 2 aliphatic heterocycles. The maximum absolute atomic E-state index is 13.3. The van der Waals surface area contributed by atoms with Gasteiger partial charge in [0.05, 0.1) is 16.4 Å². The number of hydrogen-bond acceptors (Lipinski definition) is 5. The summed E-state index contributed by atoms with van der Waals surface area (Å²) in [6.45, 7) is 2.23. The number of amides is 1. The summed E-state index contributed by atoms with van der Waals surface area (Å²) in [6.07, 6.45) is 3.97. The van der Waals surface area contributed by atoms with Gasteiger partial charge in [-0.05, 0) is 69.2 Å². The van der Waals surface area contributed by atoms with E-state index in [0.717, 1.165) is 5.56 Å². The van der Waals surface area contributed by atoms with E-state index in [2.05, 4.69) is 5.32 Å². The zero-order valence-corrected chi connectivity index (χ0v) is 21.2. The van der Waals surface area contributed by atoms with Crippen LogP contribution in [0.25, 0.3) is 0 Å². The van der Waals surface area contributed by atoms with Gasteiger partial charge >= 0.3 is 5.97 Å². The molecule has 1 saturated carbocycles. The summed E-state index contributed by atoms with van der Waals surface area (Å²) >= 11 is 6.15. The standard InChI is InChI=1S/C26H29ClN2O5S/c1-17-22(27)9-4-10-23(17)35(32,33)29-15-5-6-18(16-29)24(30)28-19-11-13-26(14-12-19)21-8-3-2-7-20(21)25(31)34-26/h2-4,7-10,18-19H,5-6,11-16H2,1H3,(H,28,30)/t18-,19?,26?/m0/s1. The first-order valence-corrected chi connectivity index (χ1v) is 13.9. The predicted octanol–water partition coefficient (Wildman–Crippen LogP) is 4.17. The monoisotopic (exact) mass is 516 g/mol. The lowest BCUT2D eigenvalue weighted by atomic mass is 9.77. The van der Waals surface area contributed by atoms with E-state index in [4.69, 9.17) is 16.3 Å². The van der Waals surface area contributed by atoms with Crippen molar-refractivity contribution in [3.05, 3.63) is 64.2 Å². The summed E-state index contributed by atoms with van der Waals surface area (Å²) in [6, 6.07) is 12.4. The van der Waals surface area contributed by atoms with Gasteiger partial charge in [-0.1, -0.05) is 35.9 Å². The number of piperidine rings is 1. The lowest BCUT2D eigenvalue weighted by molar-refractivity contribution is -0.127. The Kier molecular flexibility index (Phi) is 6.40. The maximum atomic E-state index is 13.3. The summed E-state index contributed by atoms with van der Waals surface area (Å²) in [5.74, 6) is -0.794. The van der Waals surface area contributed by atoms with Gasteiger partial charge < -0.3 is 10.1 Å². The summed E-state index contributed by atoms with van der Waals surface area (Å²) in [7, 11) is -3.74. The number of hydrogen-bond donors (Lipinski definition) is 1. The number of esters is 1. The molecule has 2 aromatic rings.